The topological polar surface area (TPSA) is 0 Å². The summed E-state index contributed by atoms with van der Waals surface area (Å²) in [5.41, 5.74) is 0.936. The van der Waals surface area contributed by atoms with Gasteiger partial charge in [-0.3, -0.25) is 0 Å². The van der Waals surface area contributed by atoms with Crippen LogP contribution in [0.15, 0.2) is 24.3 Å². The van der Waals surface area contributed by atoms with Gasteiger partial charge in [0.2, 0.25) is 0 Å². The van der Waals surface area contributed by atoms with Crippen LogP contribution in [0.4, 0.5) is 8.78 Å². The smallest absolute Gasteiger partial charge is 0.201 e. The van der Waals surface area contributed by atoms with E-state index in [9.17, 15) is 8.78 Å². The zero-order valence-electron chi connectivity index (χ0n) is 8.93. The van der Waals surface area contributed by atoms with Gasteiger partial charge in [0.1, 0.15) is 0 Å². The number of halogens is 3. The highest BCUT2D eigenvalue weighted by atomic mass is 35.5. The van der Waals surface area contributed by atoms with Crippen LogP contribution in [0.2, 0.25) is 0 Å². The molecule has 0 radical (unpaired) electrons. The summed E-state index contributed by atoms with van der Waals surface area (Å²) in [5, 5.41) is 0. The molecule has 0 N–H and O–H groups in total. The highest BCUT2D eigenvalue weighted by Gasteiger charge is 2.31. The summed E-state index contributed by atoms with van der Waals surface area (Å²) in [6.45, 7) is 3.59. The molecule has 0 unspecified atom stereocenters. The summed E-state index contributed by atoms with van der Waals surface area (Å²) in [6, 6.07) is 6.22. The van der Waals surface area contributed by atoms with Crippen LogP contribution in [0, 0.1) is 5.92 Å². The molecule has 0 spiro atoms. The lowest BCUT2D eigenvalue weighted by Gasteiger charge is -2.18. The maximum atomic E-state index is 13.6. The lowest BCUT2D eigenvalue weighted by molar-refractivity contribution is -0.0249. The summed E-state index contributed by atoms with van der Waals surface area (Å²) < 4.78 is 27.2. The standard InChI is InChI=1S/C12H15ClF2/c1-9(2)7-12(14,15)11-5-3-10(8-13)4-6-11/h3-6,9H,7-8H2,1-2H3. The number of hydrogen-bond acceptors (Lipinski definition) is 0. The summed E-state index contributed by atoms with van der Waals surface area (Å²) in [5.74, 6) is -2.40. The van der Waals surface area contributed by atoms with Gasteiger partial charge in [0.05, 0.1) is 0 Å². The highest BCUT2D eigenvalue weighted by molar-refractivity contribution is 6.17. The fraction of sp³-hybridized carbons (Fsp3) is 0.500. The second-order valence-electron chi connectivity index (χ2n) is 4.13. The van der Waals surface area contributed by atoms with Crippen molar-refractivity contribution in [2.75, 3.05) is 0 Å². The van der Waals surface area contributed by atoms with Gasteiger partial charge in [-0.1, -0.05) is 38.1 Å². The van der Waals surface area contributed by atoms with E-state index < -0.39 is 5.92 Å². The number of rotatable bonds is 4. The minimum Gasteiger partial charge on any atom is -0.201 e. The quantitative estimate of drug-likeness (QED) is 0.668. The van der Waals surface area contributed by atoms with Crippen molar-refractivity contribution in [2.45, 2.75) is 32.1 Å². The van der Waals surface area contributed by atoms with Crippen molar-refractivity contribution in [3.63, 3.8) is 0 Å². The van der Waals surface area contributed by atoms with E-state index in [4.69, 9.17) is 11.6 Å². The third kappa shape index (κ3) is 3.45. The SMILES string of the molecule is CC(C)CC(F)(F)c1ccc(CCl)cc1. The first-order chi connectivity index (χ1) is 6.95. The molecular weight excluding hydrogens is 218 g/mol. The molecule has 1 aromatic rings. The molecule has 0 saturated carbocycles. The molecule has 3 heteroatoms. The molecule has 0 bridgehead atoms. The summed E-state index contributed by atoms with van der Waals surface area (Å²) in [7, 11) is 0. The maximum absolute atomic E-state index is 13.6. The third-order valence-corrected chi connectivity index (χ3v) is 2.50. The van der Waals surface area contributed by atoms with Crippen molar-refractivity contribution in [3.05, 3.63) is 35.4 Å². The Bertz CT molecular complexity index is 304. The van der Waals surface area contributed by atoms with Gasteiger partial charge in [0, 0.05) is 17.9 Å². The fourth-order valence-electron chi connectivity index (χ4n) is 1.47. The monoisotopic (exact) mass is 232 g/mol. The molecule has 0 amide bonds. The molecule has 0 aliphatic rings. The first kappa shape index (κ1) is 12.4. The van der Waals surface area contributed by atoms with E-state index in [1.165, 1.54) is 12.1 Å². The van der Waals surface area contributed by atoms with Crippen molar-refractivity contribution < 1.29 is 8.78 Å². The molecule has 0 heterocycles. The molecular formula is C12H15ClF2. The van der Waals surface area contributed by atoms with Gasteiger partial charge in [0.25, 0.3) is 5.92 Å². The minimum absolute atomic E-state index is 0.0206. The number of hydrogen-bond donors (Lipinski definition) is 0. The van der Waals surface area contributed by atoms with Crippen LogP contribution in [0.1, 0.15) is 31.4 Å². The van der Waals surface area contributed by atoms with Crippen LogP contribution in [0.3, 0.4) is 0 Å². The predicted molar refractivity (Wildman–Crippen MR) is 59.3 cm³/mol. The van der Waals surface area contributed by atoms with Crippen molar-refractivity contribution in [1.82, 2.24) is 0 Å². The van der Waals surface area contributed by atoms with E-state index in [2.05, 4.69) is 0 Å². The summed E-state index contributed by atoms with van der Waals surface area (Å²) in [6.07, 6.45) is -0.118. The maximum Gasteiger partial charge on any atom is 0.273 e. The average Bonchev–Trinajstić information content (AvgIpc) is 2.16. The third-order valence-electron chi connectivity index (χ3n) is 2.20. The van der Waals surface area contributed by atoms with Crippen molar-refractivity contribution >= 4 is 11.6 Å². The summed E-state index contributed by atoms with van der Waals surface area (Å²) >= 11 is 5.59. The number of alkyl halides is 3. The highest BCUT2D eigenvalue weighted by Crippen LogP contribution is 2.34. The number of benzene rings is 1. The Morgan fingerprint density at radius 2 is 1.73 bits per heavy atom. The van der Waals surface area contributed by atoms with Gasteiger partial charge >= 0.3 is 0 Å². The molecule has 0 aliphatic heterocycles. The van der Waals surface area contributed by atoms with Gasteiger partial charge in [-0.05, 0) is 11.5 Å². The lowest BCUT2D eigenvalue weighted by Crippen LogP contribution is -2.16. The predicted octanol–water partition coefficient (Wildman–Crippen LogP) is 4.56. The van der Waals surface area contributed by atoms with Gasteiger partial charge in [0.15, 0.2) is 0 Å². The van der Waals surface area contributed by atoms with Gasteiger partial charge in [-0.15, -0.1) is 11.6 Å². The van der Waals surface area contributed by atoms with Gasteiger partial charge < -0.3 is 0 Å². The van der Waals surface area contributed by atoms with E-state index in [1.807, 2.05) is 0 Å². The largest absolute Gasteiger partial charge is 0.273 e. The molecule has 0 aromatic heterocycles. The Balaban J connectivity index is 2.85. The van der Waals surface area contributed by atoms with E-state index in [-0.39, 0.29) is 17.9 Å². The van der Waals surface area contributed by atoms with E-state index in [0.29, 0.717) is 5.88 Å². The van der Waals surface area contributed by atoms with E-state index >= 15 is 0 Å². The zero-order chi connectivity index (χ0) is 11.5. The molecule has 0 nitrogen and oxygen atoms in total. The molecule has 1 aromatic carbocycles. The molecule has 0 aliphatic carbocycles. The first-order valence-corrected chi connectivity index (χ1v) is 5.52. The van der Waals surface area contributed by atoms with Crippen LogP contribution < -0.4 is 0 Å². The van der Waals surface area contributed by atoms with Crippen molar-refractivity contribution in [2.24, 2.45) is 5.92 Å². The first-order valence-electron chi connectivity index (χ1n) is 4.99. The summed E-state index contributed by atoms with van der Waals surface area (Å²) in [4.78, 5) is 0. The van der Waals surface area contributed by atoms with Crippen LogP contribution in [0.5, 0.6) is 0 Å². The van der Waals surface area contributed by atoms with Crippen LogP contribution in [0.25, 0.3) is 0 Å². The molecule has 0 atom stereocenters. The fourth-order valence-corrected chi connectivity index (χ4v) is 1.65. The Hall–Kier alpha value is -0.630. The second kappa shape index (κ2) is 4.93. The molecule has 0 fully saturated rings. The Kier molecular flexibility index (Phi) is 4.09. The van der Waals surface area contributed by atoms with Crippen molar-refractivity contribution in [3.8, 4) is 0 Å². The second-order valence-corrected chi connectivity index (χ2v) is 4.40. The van der Waals surface area contributed by atoms with Gasteiger partial charge in [-0.25, -0.2) is 8.78 Å². The zero-order valence-corrected chi connectivity index (χ0v) is 9.69. The molecule has 1 rings (SSSR count). The normalized spacial score (nSPS) is 12.1. The van der Waals surface area contributed by atoms with Crippen molar-refractivity contribution in [1.29, 1.82) is 0 Å². The van der Waals surface area contributed by atoms with Crippen LogP contribution in [-0.4, -0.2) is 0 Å². The van der Waals surface area contributed by atoms with E-state index in [1.54, 1.807) is 26.0 Å². The van der Waals surface area contributed by atoms with E-state index in [0.717, 1.165) is 5.56 Å². The van der Waals surface area contributed by atoms with Gasteiger partial charge in [-0.2, -0.15) is 0 Å². The van der Waals surface area contributed by atoms with Crippen LogP contribution in [-0.2, 0) is 11.8 Å². The minimum atomic E-state index is -2.74. The Morgan fingerprint density at radius 3 is 2.13 bits per heavy atom. The average molecular weight is 233 g/mol. The molecule has 84 valence electrons. The molecule has 0 saturated heterocycles. The lowest BCUT2D eigenvalue weighted by atomic mass is 9.98. The molecule has 15 heavy (non-hydrogen) atoms. The van der Waals surface area contributed by atoms with Crippen LogP contribution >= 0.6 is 11.6 Å². The Morgan fingerprint density at radius 1 is 1.20 bits per heavy atom. The Labute approximate surface area is 94.3 Å².